The van der Waals surface area contributed by atoms with Crippen molar-refractivity contribution in [3.63, 3.8) is 0 Å². The van der Waals surface area contributed by atoms with Crippen LogP contribution in [-0.4, -0.2) is 5.91 Å². The summed E-state index contributed by atoms with van der Waals surface area (Å²) in [5.41, 5.74) is 2.52. The first kappa shape index (κ1) is 13.3. The number of carbonyl (C=O) groups excluding carboxylic acids is 1. The quantitative estimate of drug-likeness (QED) is 0.812. The van der Waals surface area contributed by atoms with Gasteiger partial charge < -0.3 is 5.32 Å². The van der Waals surface area contributed by atoms with Crippen LogP contribution in [0.4, 0.5) is 5.69 Å². The molecule has 0 aliphatic heterocycles. The summed E-state index contributed by atoms with van der Waals surface area (Å²) in [7, 11) is 0. The van der Waals surface area contributed by atoms with Crippen molar-refractivity contribution < 1.29 is 4.79 Å². The van der Waals surface area contributed by atoms with Crippen LogP contribution in [0.15, 0.2) is 51.4 Å². The van der Waals surface area contributed by atoms with Crippen LogP contribution < -0.4 is 5.32 Å². The van der Waals surface area contributed by atoms with E-state index < -0.39 is 0 Å². The fraction of sp³-hybridized carbons (Fsp3) is 0.0714. The summed E-state index contributed by atoms with van der Waals surface area (Å²) in [6, 6.07) is 13.1. The monoisotopic (exact) mass is 367 g/mol. The summed E-state index contributed by atoms with van der Waals surface area (Å²) in [4.78, 5) is 12.1. The molecule has 0 radical (unpaired) electrons. The summed E-state index contributed by atoms with van der Waals surface area (Å²) in [6.45, 7) is 2.00. The molecule has 0 aliphatic carbocycles. The zero-order valence-electron chi connectivity index (χ0n) is 9.71. The van der Waals surface area contributed by atoms with Gasteiger partial charge in [0.1, 0.15) is 0 Å². The predicted octanol–water partition coefficient (Wildman–Crippen LogP) is 4.77. The Labute approximate surface area is 123 Å². The third-order valence-electron chi connectivity index (χ3n) is 2.55. The number of benzene rings is 2. The van der Waals surface area contributed by atoms with E-state index in [2.05, 4.69) is 37.2 Å². The van der Waals surface area contributed by atoms with Gasteiger partial charge in [-0.2, -0.15) is 0 Å². The molecule has 92 valence electrons. The van der Waals surface area contributed by atoms with Crippen LogP contribution in [0.2, 0.25) is 0 Å². The zero-order chi connectivity index (χ0) is 13.1. The third kappa shape index (κ3) is 3.00. The fourth-order valence-corrected chi connectivity index (χ4v) is 2.36. The second kappa shape index (κ2) is 5.67. The van der Waals surface area contributed by atoms with Gasteiger partial charge in [-0.15, -0.1) is 0 Å². The van der Waals surface area contributed by atoms with Crippen LogP contribution in [0.25, 0.3) is 0 Å². The largest absolute Gasteiger partial charge is 0.322 e. The van der Waals surface area contributed by atoms with E-state index in [-0.39, 0.29) is 5.91 Å². The lowest BCUT2D eigenvalue weighted by molar-refractivity contribution is 0.102. The standard InChI is InChI=1S/C14H11Br2NO/c1-9-6-7-10(8-13(9)16)17-14(18)11-4-2-3-5-12(11)15/h2-8H,1H3,(H,17,18). The summed E-state index contributed by atoms with van der Waals surface area (Å²) in [6.07, 6.45) is 0. The summed E-state index contributed by atoms with van der Waals surface area (Å²) in [5.74, 6) is -0.127. The Morgan fingerprint density at radius 1 is 1.06 bits per heavy atom. The van der Waals surface area contributed by atoms with Gasteiger partial charge in [0.15, 0.2) is 0 Å². The van der Waals surface area contributed by atoms with Crippen LogP contribution in [0, 0.1) is 6.92 Å². The Hall–Kier alpha value is -1.13. The minimum absolute atomic E-state index is 0.127. The molecular formula is C14H11Br2NO. The molecular weight excluding hydrogens is 358 g/mol. The van der Waals surface area contributed by atoms with Crippen molar-refractivity contribution in [2.45, 2.75) is 6.92 Å². The Balaban J connectivity index is 2.22. The van der Waals surface area contributed by atoms with Crippen LogP contribution >= 0.6 is 31.9 Å². The van der Waals surface area contributed by atoms with E-state index in [4.69, 9.17) is 0 Å². The lowest BCUT2D eigenvalue weighted by Crippen LogP contribution is -2.12. The molecule has 1 N–H and O–H groups in total. The minimum Gasteiger partial charge on any atom is -0.322 e. The molecule has 2 rings (SSSR count). The van der Waals surface area contributed by atoms with Gasteiger partial charge >= 0.3 is 0 Å². The van der Waals surface area contributed by atoms with Gasteiger partial charge in [-0.05, 0) is 52.7 Å². The van der Waals surface area contributed by atoms with E-state index in [1.807, 2.05) is 43.3 Å². The maximum absolute atomic E-state index is 12.1. The lowest BCUT2D eigenvalue weighted by Gasteiger charge is -2.08. The number of amides is 1. The van der Waals surface area contributed by atoms with Crippen molar-refractivity contribution in [2.24, 2.45) is 0 Å². The zero-order valence-corrected chi connectivity index (χ0v) is 12.9. The van der Waals surface area contributed by atoms with E-state index >= 15 is 0 Å². The number of anilines is 1. The second-order valence-electron chi connectivity index (χ2n) is 3.90. The van der Waals surface area contributed by atoms with Crippen molar-refractivity contribution in [2.75, 3.05) is 5.32 Å². The van der Waals surface area contributed by atoms with Crippen molar-refractivity contribution in [3.8, 4) is 0 Å². The number of rotatable bonds is 2. The molecule has 0 saturated heterocycles. The highest BCUT2D eigenvalue weighted by Gasteiger charge is 2.09. The lowest BCUT2D eigenvalue weighted by atomic mass is 10.2. The van der Waals surface area contributed by atoms with Crippen LogP contribution in [-0.2, 0) is 0 Å². The Morgan fingerprint density at radius 3 is 2.44 bits per heavy atom. The number of nitrogens with one attached hydrogen (secondary N) is 1. The first-order valence-corrected chi connectivity index (χ1v) is 6.98. The van der Waals surface area contributed by atoms with Gasteiger partial charge in [0.25, 0.3) is 5.91 Å². The number of carbonyl (C=O) groups is 1. The Kier molecular flexibility index (Phi) is 4.19. The van der Waals surface area contributed by atoms with Gasteiger partial charge in [0, 0.05) is 14.6 Å². The molecule has 2 aromatic carbocycles. The molecule has 1 amide bonds. The molecule has 0 aliphatic rings. The molecule has 0 atom stereocenters. The smallest absolute Gasteiger partial charge is 0.256 e. The Bertz CT molecular complexity index is 596. The van der Waals surface area contributed by atoms with Gasteiger partial charge in [0.05, 0.1) is 5.56 Å². The van der Waals surface area contributed by atoms with E-state index in [1.165, 1.54) is 0 Å². The van der Waals surface area contributed by atoms with E-state index in [0.29, 0.717) is 5.56 Å². The molecule has 0 spiro atoms. The Morgan fingerprint density at radius 2 is 1.78 bits per heavy atom. The maximum atomic E-state index is 12.1. The third-order valence-corrected chi connectivity index (χ3v) is 4.09. The minimum atomic E-state index is -0.127. The van der Waals surface area contributed by atoms with Crippen LogP contribution in [0.3, 0.4) is 0 Å². The normalized spacial score (nSPS) is 10.2. The summed E-state index contributed by atoms with van der Waals surface area (Å²) < 4.78 is 1.76. The molecule has 0 aromatic heterocycles. The number of aryl methyl sites for hydroxylation is 1. The van der Waals surface area contributed by atoms with E-state index in [0.717, 1.165) is 20.2 Å². The van der Waals surface area contributed by atoms with Crippen molar-refractivity contribution in [1.29, 1.82) is 0 Å². The predicted molar refractivity (Wildman–Crippen MR) is 81.0 cm³/mol. The molecule has 4 heteroatoms. The molecule has 18 heavy (non-hydrogen) atoms. The SMILES string of the molecule is Cc1ccc(NC(=O)c2ccccc2Br)cc1Br. The summed E-state index contributed by atoms with van der Waals surface area (Å²) in [5, 5.41) is 2.87. The highest BCUT2D eigenvalue weighted by molar-refractivity contribution is 9.10. The van der Waals surface area contributed by atoms with Crippen LogP contribution in [0.1, 0.15) is 15.9 Å². The fourth-order valence-electron chi connectivity index (χ4n) is 1.51. The number of halogens is 2. The highest BCUT2D eigenvalue weighted by Crippen LogP contribution is 2.22. The molecule has 2 aromatic rings. The van der Waals surface area contributed by atoms with E-state index in [9.17, 15) is 4.79 Å². The van der Waals surface area contributed by atoms with Crippen molar-refractivity contribution >= 4 is 43.5 Å². The number of hydrogen-bond donors (Lipinski definition) is 1. The molecule has 0 bridgehead atoms. The molecule has 2 nitrogen and oxygen atoms in total. The maximum Gasteiger partial charge on any atom is 0.256 e. The number of hydrogen-bond acceptors (Lipinski definition) is 1. The van der Waals surface area contributed by atoms with E-state index in [1.54, 1.807) is 6.07 Å². The first-order valence-electron chi connectivity index (χ1n) is 5.40. The second-order valence-corrected chi connectivity index (χ2v) is 5.61. The van der Waals surface area contributed by atoms with Gasteiger partial charge in [-0.3, -0.25) is 4.79 Å². The van der Waals surface area contributed by atoms with Gasteiger partial charge in [-0.25, -0.2) is 0 Å². The molecule has 0 fully saturated rings. The van der Waals surface area contributed by atoms with Crippen LogP contribution in [0.5, 0.6) is 0 Å². The molecule has 0 heterocycles. The summed E-state index contributed by atoms with van der Waals surface area (Å²) >= 11 is 6.81. The van der Waals surface area contributed by atoms with Gasteiger partial charge in [-0.1, -0.05) is 34.1 Å². The van der Waals surface area contributed by atoms with Crippen molar-refractivity contribution in [1.82, 2.24) is 0 Å². The first-order chi connectivity index (χ1) is 8.58. The average Bonchev–Trinajstić information content (AvgIpc) is 2.34. The topological polar surface area (TPSA) is 29.1 Å². The molecule has 0 unspecified atom stereocenters. The van der Waals surface area contributed by atoms with Gasteiger partial charge in [0.2, 0.25) is 0 Å². The average molecular weight is 369 g/mol. The van der Waals surface area contributed by atoms with Crippen molar-refractivity contribution in [3.05, 3.63) is 62.5 Å². The highest BCUT2D eigenvalue weighted by atomic mass is 79.9. The molecule has 0 saturated carbocycles.